The van der Waals surface area contributed by atoms with Crippen LogP contribution in [0.1, 0.15) is 17.3 Å². The van der Waals surface area contributed by atoms with Gasteiger partial charge in [0.2, 0.25) is 0 Å². The molecule has 3 aromatic rings. The Morgan fingerprint density at radius 3 is 2.48 bits per heavy atom. The van der Waals surface area contributed by atoms with Gasteiger partial charge in [0.25, 0.3) is 0 Å². The van der Waals surface area contributed by atoms with Gasteiger partial charge < -0.3 is 21.1 Å². The van der Waals surface area contributed by atoms with E-state index in [4.69, 9.17) is 22.1 Å². The molecule has 1 aromatic carbocycles. The van der Waals surface area contributed by atoms with Crippen LogP contribution < -0.4 is 16.4 Å². The van der Waals surface area contributed by atoms with E-state index in [2.05, 4.69) is 25.6 Å². The number of carbonyl (C=O) groups excluding carboxylic acids is 1. The van der Waals surface area contributed by atoms with Crippen LogP contribution in [-0.4, -0.2) is 27.5 Å². The lowest BCUT2D eigenvalue weighted by Gasteiger charge is -2.13. The van der Waals surface area contributed by atoms with Gasteiger partial charge in [0.1, 0.15) is 12.0 Å². The van der Waals surface area contributed by atoms with Crippen LogP contribution in [0.2, 0.25) is 5.15 Å². The molecule has 27 heavy (non-hydrogen) atoms. The van der Waals surface area contributed by atoms with Crippen LogP contribution in [0.25, 0.3) is 0 Å². The SMILES string of the molecule is CCOC(=O)c1ccc(Nc2ncnc(Nc3cccnc3Cl)c2N)cc1. The first-order valence-corrected chi connectivity index (χ1v) is 8.48. The highest BCUT2D eigenvalue weighted by molar-refractivity contribution is 6.32. The second-order valence-corrected chi connectivity index (χ2v) is 5.73. The van der Waals surface area contributed by atoms with Gasteiger partial charge in [0.05, 0.1) is 17.9 Å². The summed E-state index contributed by atoms with van der Waals surface area (Å²) in [5, 5.41) is 6.43. The molecule has 3 rings (SSSR count). The maximum absolute atomic E-state index is 11.7. The van der Waals surface area contributed by atoms with Gasteiger partial charge in [-0.15, -0.1) is 0 Å². The second kappa shape index (κ2) is 8.33. The van der Waals surface area contributed by atoms with Crippen LogP contribution >= 0.6 is 11.6 Å². The topological polar surface area (TPSA) is 115 Å². The number of nitrogens with one attached hydrogen (secondary N) is 2. The summed E-state index contributed by atoms with van der Waals surface area (Å²) in [5.74, 6) is 0.437. The number of hydrogen-bond donors (Lipinski definition) is 3. The van der Waals surface area contributed by atoms with Gasteiger partial charge in [0, 0.05) is 11.9 Å². The average molecular weight is 385 g/mol. The van der Waals surface area contributed by atoms with E-state index in [1.165, 1.54) is 6.33 Å². The molecule has 0 aliphatic heterocycles. The Kier molecular flexibility index (Phi) is 5.68. The average Bonchev–Trinajstić information content (AvgIpc) is 2.67. The lowest BCUT2D eigenvalue weighted by molar-refractivity contribution is 0.0526. The van der Waals surface area contributed by atoms with E-state index < -0.39 is 0 Å². The Hall–Kier alpha value is -3.39. The number of nitrogen functional groups attached to an aromatic ring is 1. The molecule has 9 heteroatoms. The van der Waals surface area contributed by atoms with Crippen molar-refractivity contribution < 1.29 is 9.53 Å². The normalized spacial score (nSPS) is 10.3. The zero-order valence-corrected chi connectivity index (χ0v) is 15.2. The van der Waals surface area contributed by atoms with Crippen LogP contribution in [0.3, 0.4) is 0 Å². The predicted octanol–water partition coefficient (Wildman–Crippen LogP) is 3.77. The molecule has 0 saturated carbocycles. The molecule has 8 nitrogen and oxygen atoms in total. The molecule has 0 aliphatic rings. The molecule has 0 amide bonds. The van der Waals surface area contributed by atoms with Crippen LogP contribution in [0, 0.1) is 0 Å². The van der Waals surface area contributed by atoms with Crippen LogP contribution in [-0.2, 0) is 4.74 Å². The fourth-order valence-electron chi connectivity index (χ4n) is 2.24. The Morgan fingerprint density at radius 2 is 1.81 bits per heavy atom. The largest absolute Gasteiger partial charge is 0.462 e. The maximum atomic E-state index is 11.7. The first-order valence-electron chi connectivity index (χ1n) is 8.10. The summed E-state index contributed by atoms with van der Waals surface area (Å²) < 4.78 is 4.96. The number of nitrogens with zero attached hydrogens (tertiary/aromatic N) is 3. The number of halogens is 1. The molecule has 0 saturated heterocycles. The van der Waals surface area contributed by atoms with Crippen molar-refractivity contribution >= 4 is 46.3 Å². The summed E-state index contributed by atoms with van der Waals surface area (Å²) in [4.78, 5) is 24.0. The fraction of sp³-hybridized carbons (Fsp3) is 0.111. The van der Waals surface area contributed by atoms with Crippen molar-refractivity contribution in [2.24, 2.45) is 0 Å². The number of ether oxygens (including phenoxy) is 1. The molecule has 0 atom stereocenters. The summed E-state index contributed by atoms with van der Waals surface area (Å²) in [6.45, 7) is 2.09. The van der Waals surface area contributed by atoms with E-state index in [0.717, 1.165) is 0 Å². The summed E-state index contributed by atoms with van der Waals surface area (Å²) in [7, 11) is 0. The predicted molar refractivity (Wildman–Crippen MR) is 105 cm³/mol. The van der Waals surface area contributed by atoms with Crippen molar-refractivity contribution in [2.45, 2.75) is 6.92 Å². The van der Waals surface area contributed by atoms with Gasteiger partial charge in [-0.3, -0.25) is 0 Å². The lowest BCUT2D eigenvalue weighted by Crippen LogP contribution is -2.06. The van der Waals surface area contributed by atoms with E-state index in [9.17, 15) is 4.79 Å². The van der Waals surface area contributed by atoms with Gasteiger partial charge in [-0.1, -0.05) is 11.6 Å². The van der Waals surface area contributed by atoms with E-state index in [1.54, 1.807) is 49.5 Å². The summed E-state index contributed by atoms with van der Waals surface area (Å²) in [6, 6.07) is 10.3. The van der Waals surface area contributed by atoms with Gasteiger partial charge >= 0.3 is 5.97 Å². The standard InChI is InChI=1S/C18H17ClN6O2/c1-2-27-18(26)11-5-7-12(8-6-11)24-16-14(20)17(23-10-22-16)25-13-4-3-9-21-15(13)19/h3-10H,2,20H2,1H3,(H2,22,23,24,25). The maximum Gasteiger partial charge on any atom is 0.338 e. The number of esters is 1. The molecular weight excluding hydrogens is 368 g/mol. The number of benzene rings is 1. The molecule has 2 aromatic heterocycles. The Bertz CT molecular complexity index is 949. The molecule has 138 valence electrons. The van der Waals surface area contributed by atoms with E-state index in [-0.39, 0.29) is 5.97 Å². The summed E-state index contributed by atoms with van der Waals surface area (Å²) in [5.41, 5.74) is 8.22. The van der Waals surface area contributed by atoms with Crippen molar-refractivity contribution in [3.8, 4) is 0 Å². The molecule has 0 aliphatic carbocycles. The van der Waals surface area contributed by atoms with Crippen molar-refractivity contribution in [1.82, 2.24) is 15.0 Å². The minimum Gasteiger partial charge on any atom is -0.462 e. The highest BCUT2D eigenvalue weighted by atomic mass is 35.5. The first kappa shape index (κ1) is 18.4. The quantitative estimate of drug-likeness (QED) is 0.434. The molecule has 0 unspecified atom stereocenters. The number of anilines is 5. The highest BCUT2D eigenvalue weighted by Crippen LogP contribution is 2.30. The zero-order chi connectivity index (χ0) is 19.2. The van der Waals surface area contributed by atoms with E-state index >= 15 is 0 Å². The third-order valence-corrected chi connectivity index (χ3v) is 3.86. The molecule has 0 fully saturated rings. The Labute approximate surface area is 160 Å². The monoisotopic (exact) mass is 384 g/mol. The van der Waals surface area contributed by atoms with Crippen molar-refractivity contribution in [3.05, 3.63) is 59.6 Å². The number of rotatable bonds is 6. The minimum absolute atomic E-state index is 0.305. The molecule has 4 N–H and O–H groups in total. The molecule has 0 bridgehead atoms. The smallest absolute Gasteiger partial charge is 0.338 e. The number of carbonyl (C=O) groups is 1. The molecular formula is C18H17ClN6O2. The van der Waals surface area contributed by atoms with E-state index in [0.29, 0.717) is 46.0 Å². The first-order chi connectivity index (χ1) is 13.1. The summed E-state index contributed by atoms with van der Waals surface area (Å²) >= 11 is 6.05. The third kappa shape index (κ3) is 4.42. The Balaban J connectivity index is 1.78. The van der Waals surface area contributed by atoms with Crippen LogP contribution in [0.15, 0.2) is 48.9 Å². The van der Waals surface area contributed by atoms with Crippen LogP contribution in [0.4, 0.5) is 28.7 Å². The Morgan fingerprint density at radius 1 is 1.11 bits per heavy atom. The molecule has 0 radical (unpaired) electrons. The molecule has 2 heterocycles. The number of nitrogens with two attached hydrogens (primary N) is 1. The van der Waals surface area contributed by atoms with Crippen LogP contribution in [0.5, 0.6) is 0 Å². The number of hydrogen-bond acceptors (Lipinski definition) is 8. The van der Waals surface area contributed by atoms with Crippen molar-refractivity contribution in [3.63, 3.8) is 0 Å². The number of pyridine rings is 1. The van der Waals surface area contributed by atoms with Crippen molar-refractivity contribution in [1.29, 1.82) is 0 Å². The zero-order valence-electron chi connectivity index (χ0n) is 14.4. The molecule has 0 spiro atoms. The van der Waals surface area contributed by atoms with Crippen molar-refractivity contribution in [2.75, 3.05) is 23.0 Å². The third-order valence-electron chi connectivity index (χ3n) is 3.55. The van der Waals surface area contributed by atoms with E-state index in [1.807, 2.05) is 0 Å². The van der Waals surface area contributed by atoms with Gasteiger partial charge in [-0.05, 0) is 43.3 Å². The van der Waals surface area contributed by atoms with Gasteiger partial charge in [-0.25, -0.2) is 19.7 Å². The summed E-state index contributed by atoms with van der Waals surface area (Å²) in [6.07, 6.45) is 2.96. The number of aromatic nitrogens is 3. The fourth-order valence-corrected chi connectivity index (χ4v) is 2.41. The second-order valence-electron chi connectivity index (χ2n) is 5.37. The van der Waals surface area contributed by atoms with Gasteiger partial charge in [0.15, 0.2) is 16.8 Å². The highest BCUT2D eigenvalue weighted by Gasteiger charge is 2.11. The van der Waals surface area contributed by atoms with Gasteiger partial charge in [-0.2, -0.15) is 0 Å². The minimum atomic E-state index is -0.370. The lowest BCUT2D eigenvalue weighted by atomic mass is 10.2.